The Morgan fingerprint density at radius 1 is 1.31 bits per heavy atom. The molecule has 94 valence electrons. The van der Waals surface area contributed by atoms with Crippen molar-refractivity contribution in [2.75, 3.05) is 6.54 Å². The Kier molecular flexibility index (Phi) is 5.26. The summed E-state index contributed by atoms with van der Waals surface area (Å²) in [5.74, 6) is 0.0617. The Morgan fingerprint density at radius 3 is 2.56 bits per heavy atom. The minimum atomic E-state index is -0.643. The molecule has 1 aliphatic heterocycles. The highest BCUT2D eigenvalue weighted by Gasteiger charge is 2.31. The van der Waals surface area contributed by atoms with Gasteiger partial charge in [-0.1, -0.05) is 20.3 Å². The first-order valence-corrected chi connectivity index (χ1v) is 6.51. The van der Waals surface area contributed by atoms with Crippen molar-refractivity contribution in [2.24, 2.45) is 5.92 Å². The van der Waals surface area contributed by atoms with Gasteiger partial charge in [-0.2, -0.15) is 0 Å². The number of hydrogen-bond donors (Lipinski definition) is 1. The third kappa shape index (κ3) is 3.78. The molecule has 1 aliphatic rings. The van der Waals surface area contributed by atoms with E-state index in [1.165, 1.54) is 6.42 Å². The highest BCUT2D eigenvalue weighted by Crippen LogP contribution is 2.22. The molecule has 0 aromatic rings. The number of carboxylic acids is 1. The highest BCUT2D eigenvalue weighted by atomic mass is 16.4. The maximum atomic E-state index is 11.2. The zero-order valence-electron chi connectivity index (χ0n) is 10.8. The van der Waals surface area contributed by atoms with Crippen LogP contribution in [0.15, 0.2) is 0 Å². The van der Waals surface area contributed by atoms with Crippen molar-refractivity contribution in [1.29, 1.82) is 0 Å². The Morgan fingerprint density at radius 2 is 2.00 bits per heavy atom. The van der Waals surface area contributed by atoms with Crippen LogP contribution in [0.3, 0.4) is 0 Å². The van der Waals surface area contributed by atoms with E-state index in [-0.39, 0.29) is 6.04 Å². The molecule has 1 rings (SSSR count). The number of aliphatic carboxylic acids is 1. The number of hydrogen-bond acceptors (Lipinski definition) is 2. The Balaban J connectivity index is 2.50. The Hall–Kier alpha value is -0.570. The van der Waals surface area contributed by atoms with Crippen molar-refractivity contribution < 1.29 is 9.90 Å². The molecule has 0 spiro atoms. The summed E-state index contributed by atoms with van der Waals surface area (Å²) < 4.78 is 0. The topological polar surface area (TPSA) is 40.5 Å². The van der Waals surface area contributed by atoms with Gasteiger partial charge in [0.2, 0.25) is 0 Å². The van der Waals surface area contributed by atoms with E-state index in [9.17, 15) is 9.90 Å². The van der Waals surface area contributed by atoms with E-state index in [0.29, 0.717) is 12.0 Å². The van der Waals surface area contributed by atoms with Crippen LogP contribution in [0, 0.1) is 5.92 Å². The summed E-state index contributed by atoms with van der Waals surface area (Å²) in [6.45, 7) is 7.56. The van der Waals surface area contributed by atoms with Crippen LogP contribution in [-0.2, 0) is 4.79 Å². The van der Waals surface area contributed by atoms with Crippen molar-refractivity contribution in [3.05, 3.63) is 0 Å². The van der Waals surface area contributed by atoms with E-state index < -0.39 is 5.97 Å². The molecule has 0 bridgehead atoms. The summed E-state index contributed by atoms with van der Waals surface area (Å²) in [6, 6.07) is 0.166. The standard InChI is InChI=1S/C13H25NO2/c1-10(2)7-8-11(3)14-9-5-4-6-12(14)13(15)16/h10-12H,4-9H2,1-3H3,(H,15,16). The van der Waals surface area contributed by atoms with Crippen molar-refractivity contribution in [2.45, 2.75) is 65.0 Å². The van der Waals surface area contributed by atoms with Gasteiger partial charge in [0.15, 0.2) is 0 Å². The van der Waals surface area contributed by atoms with Crippen molar-refractivity contribution >= 4 is 5.97 Å². The summed E-state index contributed by atoms with van der Waals surface area (Å²) >= 11 is 0. The van der Waals surface area contributed by atoms with Gasteiger partial charge in [0.25, 0.3) is 0 Å². The molecule has 0 aliphatic carbocycles. The van der Waals surface area contributed by atoms with Gasteiger partial charge in [0.05, 0.1) is 0 Å². The van der Waals surface area contributed by atoms with E-state index in [1.807, 2.05) is 0 Å². The second-order valence-corrected chi connectivity index (χ2v) is 5.41. The van der Waals surface area contributed by atoms with E-state index in [4.69, 9.17) is 0 Å². The van der Waals surface area contributed by atoms with Gasteiger partial charge in [-0.3, -0.25) is 9.69 Å². The zero-order chi connectivity index (χ0) is 12.1. The normalized spacial score (nSPS) is 24.6. The summed E-state index contributed by atoms with van der Waals surface area (Å²) in [7, 11) is 0. The minimum absolute atomic E-state index is 0.240. The van der Waals surface area contributed by atoms with Crippen LogP contribution in [0.2, 0.25) is 0 Å². The third-order valence-corrected chi connectivity index (χ3v) is 3.56. The van der Waals surface area contributed by atoms with Crippen LogP contribution in [0.25, 0.3) is 0 Å². The molecule has 2 unspecified atom stereocenters. The van der Waals surface area contributed by atoms with Crippen molar-refractivity contribution in [3.8, 4) is 0 Å². The number of nitrogens with zero attached hydrogens (tertiary/aromatic N) is 1. The third-order valence-electron chi connectivity index (χ3n) is 3.56. The number of rotatable bonds is 5. The van der Waals surface area contributed by atoms with Crippen LogP contribution in [0.4, 0.5) is 0 Å². The van der Waals surface area contributed by atoms with E-state index in [1.54, 1.807) is 0 Å². The van der Waals surface area contributed by atoms with Crippen molar-refractivity contribution in [1.82, 2.24) is 4.90 Å². The average Bonchev–Trinajstić information content (AvgIpc) is 2.25. The second kappa shape index (κ2) is 6.24. The predicted octanol–water partition coefficient (Wildman–Crippen LogP) is 2.75. The molecule has 0 radical (unpaired) electrons. The van der Waals surface area contributed by atoms with Crippen LogP contribution in [0.1, 0.15) is 52.9 Å². The summed E-state index contributed by atoms with van der Waals surface area (Å²) in [6.07, 6.45) is 5.33. The Bertz CT molecular complexity index is 228. The molecule has 3 heteroatoms. The van der Waals surface area contributed by atoms with Crippen LogP contribution in [0.5, 0.6) is 0 Å². The molecule has 0 saturated carbocycles. The fraction of sp³-hybridized carbons (Fsp3) is 0.923. The van der Waals surface area contributed by atoms with Gasteiger partial charge in [-0.25, -0.2) is 0 Å². The van der Waals surface area contributed by atoms with Gasteiger partial charge in [0.1, 0.15) is 6.04 Å². The fourth-order valence-corrected chi connectivity index (χ4v) is 2.49. The maximum Gasteiger partial charge on any atom is 0.320 e. The average molecular weight is 227 g/mol. The molecule has 1 saturated heterocycles. The van der Waals surface area contributed by atoms with Crippen molar-refractivity contribution in [3.63, 3.8) is 0 Å². The van der Waals surface area contributed by atoms with Gasteiger partial charge < -0.3 is 5.11 Å². The minimum Gasteiger partial charge on any atom is -0.480 e. The molecular formula is C13H25NO2. The second-order valence-electron chi connectivity index (χ2n) is 5.41. The summed E-state index contributed by atoms with van der Waals surface area (Å²) in [4.78, 5) is 13.4. The molecule has 0 aromatic carbocycles. The highest BCUT2D eigenvalue weighted by molar-refractivity contribution is 5.73. The van der Waals surface area contributed by atoms with Gasteiger partial charge in [-0.15, -0.1) is 0 Å². The number of piperidine rings is 1. The summed E-state index contributed by atoms with van der Waals surface area (Å²) in [5, 5.41) is 9.19. The number of carbonyl (C=O) groups is 1. The molecule has 2 atom stereocenters. The monoisotopic (exact) mass is 227 g/mol. The van der Waals surface area contributed by atoms with E-state index in [2.05, 4.69) is 25.7 Å². The predicted molar refractivity (Wildman–Crippen MR) is 65.5 cm³/mol. The lowest BCUT2D eigenvalue weighted by atomic mass is 9.97. The van der Waals surface area contributed by atoms with Gasteiger partial charge in [-0.05, 0) is 45.1 Å². The van der Waals surface area contributed by atoms with E-state index >= 15 is 0 Å². The number of likely N-dealkylation sites (tertiary alicyclic amines) is 1. The number of carboxylic acid groups (broad SMARTS) is 1. The lowest BCUT2D eigenvalue weighted by Gasteiger charge is -2.37. The Labute approximate surface area is 98.8 Å². The molecular weight excluding hydrogens is 202 g/mol. The van der Waals surface area contributed by atoms with Gasteiger partial charge >= 0.3 is 5.97 Å². The first kappa shape index (κ1) is 13.5. The molecule has 0 aromatic heterocycles. The SMILES string of the molecule is CC(C)CCC(C)N1CCCCC1C(=O)O. The molecule has 1 N–H and O–H groups in total. The quantitative estimate of drug-likeness (QED) is 0.785. The largest absolute Gasteiger partial charge is 0.480 e. The molecule has 1 fully saturated rings. The van der Waals surface area contributed by atoms with E-state index in [0.717, 1.165) is 32.2 Å². The van der Waals surface area contributed by atoms with Gasteiger partial charge in [0, 0.05) is 6.04 Å². The lowest BCUT2D eigenvalue weighted by molar-refractivity contribution is -0.145. The van der Waals surface area contributed by atoms with Crippen LogP contribution >= 0.6 is 0 Å². The maximum absolute atomic E-state index is 11.2. The first-order valence-electron chi connectivity index (χ1n) is 6.51. The smallest absolute Gasteiger partial charge is 0.320 e. The molecule has 3 nitrogen and oxygen atoms in total. The lowest BCUT2D eigenvalue weighted by Crippen LogP contribution is -2.49. The fourth-order valence-electron chi connectivity index (χ4n) is 2.49. The summed E-state index contributed by atoms with van der Waals surface area (Å²) in [5.41, 5.74) is 0. The first-order chi connectivity index (χ1) is 7.52. The zero-order valence-corrected chi connectivity index (χ0v) is 10.8. The molecule has 16 heavy (non-hydrogen) atoms. The molecule has 0 amide bonds. The molecule has 1 heterocycles. The van der Waals surface area contributed by atoms with Crippen LogP contribution < -0.4 is 0 Å². The van der Waals surface area contributed by atoms with Crippen LogP contribution in [-0.4, -0.2) is 34.6 Å².